The molecule has 0 fully saturated rings. The quantitative estimate of drug-likeness (QED) is 0.557. The number of hydrogen-bond donors (Lipinski definition) is 0. The second-order valence-electron chi connectivity index (χ2n) is 2.40. The van der Waals surface area contributed by atoms with Crippen LogP contribution in [0.2, 0.25) is 5.15 Å². The van der Waals surface area contributed by atoms with Gasteiger partial charge in [0.05, 0.1) is 0 Å². The lowest BCUT2D eigenvalue weighted by molar-refractivity contribution is 0.810. The predicted octanol–water partition coefficient (Wildman–Crippen LogP) is 2.80. The minimum Gasteiger partial charge on any atom is -0.227 e. The van der Waals surface area contributed by atoms with Gasteiger partial charge in [-0.05, 0) is 12.7 Å². The Labute approximate surface area is 81.8 Å². The summed E-state index contributed by atoms with van der Waals surface area (Å²) in [6.45, 7) is 2.10. The molecule has 12 heavy (non-hydrogen) atoms. The maximum atomic E-state index is 5.80. The van der Waals surface area contributed by atoms with Gasteiger partial charge in [0.15, 0.2) is 0 Å². The Hall–Kier alpha value is -0.280. The molecule has 0 aliphatic heterocycles. The SMILES string of the molecule is CCCc1nc(Cl)cc(SC)n1. The number of aromatic nitrogens is 2. The molecule has 0 amide bonds. The topological polar surface area (TPSA) is 25.8 Å². The number of aryl methyl sites for hydroxylation is 1. The van der Waals surface area contributed by atoms with E-state index in [4.69, 9.17) is 11.6 Å². The van der Waals surface area contributed by atoms with Gasteiger partial charge in [-0.25, -0.2) is 9.97 Å². The van der Waals surface area contributed by atoms with Crippen LogP contribution in [0.25, 0.3) is 0 Å². The highest BCUT2D eigenvalue weighted by Gasteiger charge is 2.00. The first-order valence-corrected chi connectivity index (χ1v) is 5.44. The minimum atomic E-state index is 0.540. The van der Waals surface area contributed by atoms with Gasteiger partial charge in [0.2, 0.25) is 0 Å². The van der Waals surface area contributed by atoms with Crippen LogP contribution < -0.4 is 0 Å². The molecule has 0 aliphatic carbocycles. The summed E-state index contributed by atoms with van der Waals surface area (Å²) < 4.78 is 0. The number of halogens is 1. The van der Waals surface area contributed by atoms with E-state index >= 15 is 0 Å². The van der Waals surface area contributed by atoms with Crippen molar-refractivity contribution in [1.29, 1.82) is 0 Å². The molecule has 0 aromatic carbocycles. The Bertz CT molecular complexity index is 265. The third kappa shape index (κ3) is 2.64. The molecule has 0 bridgehead atoms. The van der Waals surface area contributed by atoms with Crippen molar-refractivity contribution in [2.24, 2.45) is 0 Å². The van der Waals surface area contributed by atoms with Gasteiger partial charge < -0.3 is 0 Å². The van der Waals surface area contributed by atoms with Gasteiger partial charge in [0.1, 0.15) is 16.0 Å². The van der Waals surface area contributed by atoms with E-state index in [-0.39, 0.29) is 0 Å². The third-order valence-corrected chi connectivity index (χ3v) is 2.22. The molecule has 0 saturated carbocycles. The molecule has 0 radical (unpaired) electrons. The van der Waals surface area contributed by atoms with E-state index in [1.165, 1.54) is 0 Å². The Morgan fingerprint density at radius 1 is 1.50 bits per heavy atom. The Kier molecular flexibility index (Phi) is 3.82. The Balaban J connectivity index is 2.90. The van der Waals surface area contributed by atoms with Crippen molar-refractivity contribution in [2.75, 3.05) is 6.26 Å². The number of nitrogens with zero attached hydrogens (tertiary/aromatic N) is 2. The molecule has 66 valence electrons. The van der Waals surface area contributed by atoms with E-state index in [1.54, 1.807) is 17.8 Å². The zero-order valence-electron chi connectivity index (χ0n) is 7.17. The standard InChI is InChI=1S/C8H11ClN2S/c1-3-4-7-10-6(9)5-8(11-7)12-2/h5H,3-4H2,1-2H3. The largest absolute Gasteiger partial charge is 0.227 e. The summed E-state index contributed by atoms with van der Waals surface area (Å²) in [6.07, 6.45) is 3.93. The van der Waals surface area contributed by atoms with Crippen molar-refractivity contribution in [2.45, 2.75) is 24.8 Å². The normalized spacial score (nSPS) is 10.2. The molecule has 2 nitrogen and oxygen atoms in total. The first-order valence-electron chi connectivity index (χ1n) is 3.83. The van der Waals surface area contributed by atoms with Crippen LogP contribution >= 0.6 is 23.4 Å². The van der Waals surface area contributed by atoms with E-state index in [0.717, 1.165) is 23.7 Å². The summed E-state index contributed by atoms with van der Waals surface area (Å²) in [4.78, 5) is 8.42. The molecule has 0 atom stereocenters. The average molecular weight is 203 g/mol. The van der Waals surface area contributed by atoms with Gasteiger partial charge in [-0.15, -0.1) is 11.8 Å². The maximum absolute atomic E-state index is 5.80. The maximum Gasteiger partial charge on any atom is 0.133 e. The smallest absolute Gasteiger partial charge is 0.133 e. The van der Waals surface area contributed by atoms with E-state index in [2.05, 4.69) is 16.9 Å². The van der Waals surface area contributed by atoms with Crippen LogP contribution in [0.4, 0.5) is 0 Å². The highest BCUT2D eigenvalue weighted by Crippen LogP contribution is 2.16. The molecule has 0 aliphatic rings. The fourth-order valence-electron chi connectivity index (χ4n) is 0.882. The zero-order chi connectivity index (χ0) is 8.97. The van der Waals surface area contributed by atoms with Crippen LogP contribution in [0.3, 0.4) is 0 Å². The van der Waals surface area contributed by atoms with Gasteiger partial charge in [0.25, 0.3) is 0 Å². The second kappa shape index (κ2) is 4.67. The van der Waals surface area contributed by atoms with Crippen molar-refractivity contribution in [3.63, 3.8) is 0 Å². The summed E-state index contributed by atoms with van der Waals surface area (Å²) in [7, 11) is 0. The van der Waals surface area contributed by atoms with Crippen molar-refractivity contribution >= 4 is 23.4 Å². The molecule has 1 aromatic rings. The molecule has 0 N–H and O–H groups in total. The van der Waals surface area contributed by atoms with Crippen LogP contribution in [-0.2, 0) is 6.42 Å². The van der Waals surface area contributed by atoms with Crippen molar-refractivity contribution in [1.82, 2.24) is 9.97 Å². The average Bonchev–Trinajstić information content (AvgIpc) is 2.04. The van der Waals surface area contributed by atoms with Gasteiger partial charge in [0, 0.05) is 12.5 Å². The van der Waals surface area contributed by atoms with E-state index in [1.807, 2.05) is 6.26 Å². The third-order valence-electron chi connectivity index (χ3n) is 1.40. The Morgan fingerprint density at radius 3 is 2.83 bits per heavy atom. The molecular weight excluding hydrogens is 192 g/mol. The summed E-state index contributed by atoms with van der Waals surface area (Å²) in [5.74, 6) is 0.842. The fraction of sp³-hybridized carbons (Fsp3) is 0.500. The number of rotatable bonds is 3. The van der Waals surface area contributed by atoms with Crippen molar-refractivity contribution in [3.8, 4) is 0 Å². The van der Waals surface area contributed by atoms with E-state index < -0.39 is 0 Å². The first-order chi connectivity index (χ1) is 5.76. The van der Waals surface area contributed by atoms with Gasteiger partial charge in [-0.1, -0.05) is 18.5 Å². The number of thioether (sulfide) groups is 1. The summed E-state index contributed by atoms with van der Waals surface area (Å²) in [6, 6.07) is 1.78. The summed E-state index contributed by atoms with van der Waals surface area (Å²) in [5, 5.41) is 1.48. The van der Waals surface area contributed by atoms with E-state index in [0.29, 0.717) is 5.15 Å². The van der Waals surface area contributed by atoms with Crippen LogP contribution in [0.5, 0.6) is 0 Å². The fourth-order valence-corrected chi connectivity index (χ4v) is 1.57. The molecule has 0 unspecified atom stereocenters. The lowest BCUT2D eigenvalue weighted by Crippen LogP contribution is -1.95. The second-order valence-corrected chi connectivity index (χ2v) is 3.61. The minimum absolute atomic E-state index is 0.540. The van der Waals surface area contributed by atoms with Gasteiger partial charge in [-0.2, -0.15) is 0 Å². The molecule has 1 heterocycles. The highest BCUT2D eigenvalue weighted by atomic mass is 35.5. The van der Waals surface area contributed by atoms with Crippen LogP contribution in [0.15, 0.2) is 11.1 Å². The van der Waals surface area contributed by atoms with Crippen LogP contribution in [0.1, 0.15) is 19.2 Å². The number of hydrogen-bond acceptors (Lipinski definition) is 3. The lowest BCUT2D eigenvalue weighted by atomic mass is 10.3. The predicted molar refractivity (Wildman–Crippen MR) is 52.8 cm³/mol. The molecule has 4 heteroatoms. The van der Waals surface area contributed by atoms with Gasteiger partial charge in [-0.3, -0.25) is 0 Å². The molecule has 1 rings (SSSR count). The van der Waals surface area contributed by atoms with Crippen molar-refractivity contribution in [3.05, 3.63) is 17.0 Å². The lowest BCUT2D eigenvalue weighted by Gasteiger charge is -2.00. The summed E-state index contributed by atoms with van der Waals surface area (Å²) in [5.41, 5.74) is 0. The molecule has 0 spiro atoms. The van der Waals surface area contributed by atoms with Gasteiger partial charge >= 0.3 is 0 Å². The monoisotopic (exact) mass is 202 g/mol. The van der Waals surface area contributed by atoms with Crippen LogP contribution in [0, 0.1) is 0 Å². The van der Waals surface area contributed by atoms with Crippen LogP contribution in [-0.4, -0.2) is 16.2 Å². The highest BCUT2D eigenvalue weighted by molar-refractivity contribution is 7.98. The van der Waals surface area contributed by atoms with Crippen molar-refractivity contribution < 1.29 is 0 Å². The summed E-state index contributed by atoms with van der Waals surface area (Å²) >= 11 is 7.39. The first kappa shape index (κ1) is 9.81. The molecule has 1 aromatic heterocycles. The molecule has 0 saturated heterocycles. The van der Waals surface area contributed by atoms with E-state index in [9.17, 15) is 0 Å². The Morgan fingerprint density at radius 2 is 2.25 bits per heavy atom. The molecular formula is C8H11ClN2S. The zero-order valence-corrected chi connectivity index (χ0v) is 8.74.